The number of halogens is 3. The molecule has 11 heteroatoms. The zero-order valence-corrected chi connectivity index (χ0v) is 17.6. The Bertz CT molecular complexity index is 1160. The van der Waals surface area contributed by atoms with E-state index in [4.69, 9.17) is 9.15 Å². The normalized spacial score (nSPS) is 15.0. The molecule has 170 valence electrons. The van der Waals surface area contributed by atoms with Crippen LogP contribution in [0.3, 0.4) is 0 Å². The predicted molar refractivity (Wildman–Crippen MR) is 107 cm³/mol. The van der Waals surface area contributed by atoms with Gasteiger partial charge < -0.3 is 23.8 Å². The second-order valence-corrected chi connectivity index (χ2v) is 8.56. The number of amides is 2. The summed E-state index contributed by atoms with van der Waals surface area (Å²) in [7, 11) is 0. The first-order chi connectivity index (χ1) is 14.9. The van der Waals surface area contributed by atoms with E-state index in [1.54, 1.807) is 26.8 Å². The average Bonchev–Trinajstić information content (AvgIpc) is 3.29. The van der Waals surface area contributed by atoms with Crippen molar-refractivity contribution in [3.8, 4) is 11.1 Å². The van der Waals surface area contributed by atoms with E-state index in [-0.39, 0.29) is 36.0 Å². The number of imidazole rings is 1. The summed E-state index contributed by atoms with van der Waals surface area (Å²) in [5, 5.41) is 2.65. The Hall–Kier alpha value is -3.50. The molecule has 0 aliphatic carbocycles. The zero-order valence-electron chi connectivity index (χ0n) is 17.6. The van der Waals surface area contributed by atoms with Gasteiger partial charge in [-0.15, -0.1) is 0 Å². The number of rotatable bonds is 3. The number of nitrogens with zero attached hydrogens (tertiary/aromatic N) is 3. The molecule has 0 saturated carbocycles. The molecule has 0 spiro atoms. The van der Waals surface area contributed by atoms with Gasteiger partial charge in [-0.25, -0.2) is 9.78 Å². The van der Waals surface area contributed by atoms with Crippen molar-refractivity contribution >= 4 is 17.6 Å². The molecule has 1 aliphatic rings. The molecule has 0 bridgehead atoms. The highest BCUT2D eigenvalue weighted by molar-refractivity contribution is 5.94. The van der Waals surface area contributed by atoms with Crippen molar-refractivity contribution in [3.63, 3.8) is 0 Å². The largest absolute Gasteiger partial charge is 0.472 e. The fraction of sp³-hybridized carbons (Fsp3) is 0.381. The maximum atomic E-state index is 13.7. The van der Waals surface area contributed by atoms with Gasteiger partial charge in [-0.1, -0.05) is 0 Å². The molecule has 1 aliphatic heterocycles. The van der Waals surface area contributed by atoms with E-state index in [1.165, 1.54) is 34.2 Å². The van der Waals surface area contributed by atoms with Gasteiger partial charge in [-0.05, 0) is 32.9 Å². The quantitative estimate of drug-likeness (QED) is 0.653. The van der Waals surface area contributed by atoms with Crippen molar-refractivity contribution < 1.29 is 31.9 Å². The molecule has 32 heavy (non-hydrogen) atoms. The second kappa shape index (κ2) is 7.57. The molecule has 4 rings (SSSR count). The fourth-order valence-electron chi connectivity index (χ4n) is 3.37. The van der Waals surface area contributed by atoms with Crippen LogP contribution in [0.5, 0.6) is 0 Å². The Labute approximate surface area is 181 Å². The third-order valence-corrected chi connectivity index (χ3v) is 4.82. The number of alkyl halides is 3. The van der Waals surface area contributed by atoms with Gasteiger partial charge in [0.15, 0.2) is 0 Å². The number of hydrogen-bond acceptors (Lipinski definition) is 5. The zero-order chi connectivity index (χ0) is 23.3. The maximum absolute atomic E-state index is 13.7. The highest BCUT2D eigenvalue weighted by Gasteiger charge is 2.37. The molecule has 0 radical (unpaired) electrons. The molecular weight excluding hydrogens is 429 g/mol. The summed E-state index contributed by atoms with van der Waals surface area (Å²) in [6, 6.07) is 2.22. The Morgan fingerprint density at radius 1 is 1.19 bits per heavy atom. The molecule has 0 atom stereocenters. The summed E-state index contributed by atoms with van der Waals surface area (Å²) in [6.07, 6.45) is 0.173. The van der Waals surface area contributed by atoms with Crippen LogP contribution in [-0.2, 0) is 10.9 Å². The van der Waals surface area contributed by atoms with Crippen LogP contribution in [0, 0.1) is 0 Å². The number of ether oxygens (including phenoxy) is 1. The number of aromatic nitrogens is 2. The van der Waals surface area contributed by atoms with Crippen LogP contribution < -0.4 is 5.32 Å². The van der Waals surface area contributed by atoms with Crippen LogP contribution in [0.4, 0.5) is 18.0 Å². The van der Waals surface area contributed by atoms with Crippen LogP contribution in [-0.4, -0.2) is 51.0 Å². The number of likely N-dealkylation sites (tertiary alicyclic amines) is 1. The Morgan fingerprint density at radius 3 is 2.50 bits per heavy atom. The van der Waals surface area contributed by atoms with E-state index < -0.39 is 29.3 Å². The molecule has 0 aromatic carbocycles. The number of fused-ring (bicyclic) bond motifs is 1. The van der Waals surface area contributed by atoms with Crippen LogP contribution >= 0.6 is 0 Å². The lowest BCUT2D eigenvalue weighted by Gasteiger charge is -2.39. The van der Waals surface area contributed by atoms with E-state index in [2.05, 4.69) is 10.3 Å². The number of hydrogen-bond donors (Lipinski definition) is 1. The minimum Gasteiger partial charge on any atom is -0.472 e. The first-order valence-corrected chi connectivity index (χ1v) is 9.82. The summed E-state index contributed by atoms with van der Waals surface area (Å²) in [5.41, 5.74) is -1.33. The molecule has 3 aromatic heterocycles. The first-order valence-electron chi connectivity index (χ1n) is 9.82. The van der Waals surface area contributed by atoms with Gasteiger partial charge in [-0.2, -0.15) is 13.2 Å². The number of furan rings is 1. The molecular formula is C21H21F3N4O4. The lowest BCUT2D eigenvalue weighted by atomic mass is 10.1. The average molecular weight is 450 g/mol. The molecule has 2 amide bonds. The smallest absolute Gasteiger partial charge is 0.420 e. The van der Waals surface area contributed by atoms with Gasteiger partial charge in [0.25, 0.3) is 5.91 Å². The van der Waals surface area contributed by atoms with E-state index in [0.717, 1.165) is 6.07 Å². The lowest BCUT2D eigenvalue weighted by Crippen LogP contribution is -2.61. The van der Waals surface area contributed by atoms with Gasteiger partial charge >= 0.3 is 12.3 Å². The summed E-state index contributed by atoms with van der Waals surface area (Å²) in [6.45, 7) is 5.62. The maximum Gasteiger partial charge on any atom is 0.420 e. The van der Waals surface area contributed by atoms with Gasteiger partial charge in [0.2, 0.25) is 0 Å². The Balaban J connectivity index is 1.53. The SMILES string of the molecule is CC(C)(C)OC(=O)NC1CN(C(=O)c2cn3cc(-c4ccoc4)cc(C(F)(F)F)c3n2)C1. The minimum absolute atomic E-state index is 0.115. The molecule has 1 saturated heterocycles. The molecule has 1 N–H and O–H groups in total. The van der Waals surface area contributed by atoms with Crippen LogP contribution in [0.2, 0.25) is 0 Å². The highest BCUT2D eigenvalue weighted by atomic mass is 19.4. The van der Waals surface area contributed by atoms with E-state index >= 15 is 0 Å². The minimum atomic E-state index is -4.66. The van der Waals surface area contributed by atoms with Crippen molar-refractivity contribution in [1.29, 1.82) is 0 Å². The monoisotopic (exact) mass is 450 g/mol. The third-order valence-electron chi connectivity index (χ3n) is 4.82. The Kier molecular flexibility index (Phi) is 5.14. The number of carbonyl (C=O) groups is 2. The number of carbonyl (C=O) groups excluding carboxylic acids is 2. The van der Waals surface area contributed by atoms with Crippen molar-refractivity contribution in [1.82, 2.24) is 19.6 Å². The molecule has 3 aromatic rings. The number of alkyl carbamates (subject to hydrolysis) is 1. The van der Waals surface area contributed by atoms with Crippen LogP contribution in [0.25, 0.3) is 16.8 Å². The standard InChI is InChI=1S/C21H21F3N4O4/c1-20(2,3)32-19(30)25-14-8-28(9-14)18(29)16-10-27-7-13(12-4-5-31-11-12)6-15(17(27)26-16)21(22,23)24/h4-7,10-11,14H,8-9H2,1-3H3,(H,25,30). The predicted octanol–water partition coefficient (Wildman–Crippen LogP) is 3.96. The van der Waals surface area contributed by atoms with E-state index in [9.17, 15) is 22.8 Å². The van der Waals surface area contributed by atoms with Crippen LogP contribution in [0.1, 0.15) is 36.8 Å². The Morgan fingerprint density at radius 2 is 1.91 bits per heavy atom. The molecule has 0 unspecified atom stereocenters. The summed E-state index contributed by atoms with van der Waals surface area (Å²) in [5.74, 6) is -0.520. The topological polar surface area (TPSA) is 89.1 Å². The summed E-state index contributed by atoms with van der Waals surface area (Å²) < 4.78 is 52.3. The summed E-state index contributed by atoms with van der Waals surface area (Å²) >= 11 is 0. The van der Waals surface area contributed by atoms with Gasteiger partial charge in [-0.3, -0.25) is 4.79 Å². The second-order valence-electron chi connectivity index (χ2n) is 8.56. The van der Waals surface area contributed by atoms with Crippen LogP contribution in [0.15, 0.2) is 41.5 Å². The van der Waals surface area contributed by atoms with Gasteiger partial charge in [0.05, 0.1) is 24.1 Å². The molecule has 8 nitrogen and oxygen atoms in total. The summed E-state index contributed by atoms with van der Waals surface area (Å²) in [4.78, 5) is 29.9. The van der Waals surface area contributed by atoms with Gasteiger partial charge in [0, 0.05) is 36.6 Å². The van der Waals surface area contributed by atoms with E-state index in [0.29, 0.717) is 5.56 Å². The van der Waals surface area contributed by atoms with E-state index in [1.807, 2.05) is 0 Å². The van der Waals surface area contributed by atoms with Crippen molar-refractivity contribution in [2.45, 2.75) is 38.6 Å². The van der Waals surface area contributed by atoms with Gasteiger partial charge in [0.1, 0.15) is 16.9 Å². The van der Waals surface area contributed by atoms with Crippen molar-refractivity contribution in [2.24, 2.45) is 0 Å². The number of nitrogens with one attached hydrogen (secondary N) is 1. The molecule has 4 heterocycles. The highest BCUT2D eigenvalue weighted by Crippen LogP contribution is 2.35. The van der Waals surface area contributed by atoms with Crippen molar-refractivity contribution in [3.05, 3.63) is 48.3 Å². The first kappa shape index (κ1) is 21.7. The lowest BCUT2D eigenvalue weighted by molar-refractivity contribution is -0.136. The molecule has 1 fully saturated rings. The fourth-order valence-corrected chi connectivity index (χ4v) is 3.37. The third kappa shape index (κ3) is 4.41. The van der Waals surface area contributed by atoms with Crippen molar-refractivity contribution in [2.75, 3.05) is 13.1 Å². The number of pyridine rings is 1.